The molecule has 1 unspecified atom stereocenters. The van der Waals surface area contributed by atoms with Crippen LogP contribution in [-0.4, -0.2) is 20.4 Å². The van der Waals surface area contributed by atoms with Crippen LogP contribution in [0.25, 0.3) is 0 Å². The second-order valence-electron chi connectivity index (χ2n) is 2.72. The Morgan fingerprint density at radius 3 is 2.18 bits per heavy atom. The highest BCUT2D eigenvalue weighted by Crippen LogP contribution is 2.11. The fourth-order valence-electron chi connectivity index (χ4n) is 1.02. The minimum Gasteiger partial charge on any atom is -0.156 e. The van der Waals surface area contributed by atoms with Crippen molar-refractivity contribution in [3.8, 4) is 0 Å². The van der Waals surface area contributed by atoms with Crippen molar-refractivity contribution in [1.29, 1.82) is 0 Å². The standard InChI is InChI=1S/C8H9.CH3.ClH.Mg/c1-2-8-6-4-3-5-7-8;;;/h2-7H,1H3;1H3;1H;. The van der Waals surface area contributed by atoms with Gasteiger partial charge in [-0.05, 0) is 0 Å². The molecule has 0 aliphatic rings. The van der Waals surface area contributed by atoms with E-state index in [0.717, 1.165) is 4.05 Å². The van der Waals surface area contributed by atoms with Crippen molar-refractivity contribution < 1.29 is 0 Å². The summed E-state index contributed by atoms with van der Waals surface area (Å²) in [4.78, 5) is 0. The van der Waals surface area contributed by atoms with Gasteiger partial charge in [0.2, 0.25) is 0 Å². The summed E-state index contributed by atoms with van der Waals surface area (Å²) in [5, 5.41) is 2.36. The maximum atomic E-state index is 2.36. The van der Waals surface area contributed by atoms with Gasteiger partial charge in [0.1, 0.15) is 0 Å². The van der Waals surface area contributed by atoms with Gasteiger partial charge in [-0.25, -0.2) is 0 Å². The van der Waals surface area contributed by atoms with E-state index in [1.165, 1.54) is 5.56 Å². The molecule has 0 N–H and O–H groups in total. The van der Waals surface area contributed by atoms with Crippen LogP contribution in [0.15, 0.2) is 30.3 Å². The van der Waals surface area contributed by atoms with Crippen molar-refractivity contribution in [2.75, 3.05) is 0 Å². The quantitative estimate of drug-likeness (QED) is 0.615. The molecular formula is C9H13ClMg. The first-order chi connectivity index (χ1) is 4.84. The number of rotatable bonds is 2. The van der Waals surface area contributed by atoms with E-state index in [1.807, 2.05) is 0 Å². The van der Waals surface area contributed by atoms with Crippen LogP contribution < -0.4 is 0 Å². The lowest BCUT2D eigenvalue weighted by Crippen LogP contribution is -1.98. The van der Waals surface area contributed by atoms with Crippen LogP contribution in [0.2, 0.25) is 5.05 Å². The average molecular weight is 181 g/mol. The fraction of sp³-hybridized carbons (Fsp3) is 0.333. The van der Waals surface area contributed by atoms with Gasteiger partial charge >= 0.3 is 20.4 Å². The minimum absolute atomic E-state index is 0. The summed E-state index contributed by atoms with van der Waals surface area (Å²) in [6.07, 6.45) is 0. The lowest BCUT2D eigenvalue weighted by atomic mass is 10.2. The predicted molar refractivity (Wildman–Crippen MR) is 53.7 cm³/mol. The SMILES string of the molecule is Cl.[CH3][Mg][CH](C)c1ccccc1. The predicted octanol–water partition coefficient (Wildman–Crippen LogP) is 2.92. The van der Waals surface area contributed by atoms with Crippen LogP contribution in [0.4, 0.5) is 0 Å². The molecular weight excluding hydrogens is 168 g/mol. The Bertz CT molecular complexity index is 186. The molecule has 0 spiro atoms. The zero-order valence-corrected chi connectivity index (χ0v) is 9.31. The van der Waals surface area contributed by atoms with Crippen LogP contribution >= 0.6 is 12.4 Å². The molecule has 0 nitrogen and oxygen atoms in total. The van der Waals surface area contributed by atoms with Gasteiger partial charge in [0.15, 0.2) is 0 Å². The largest absolute Gasteiger partial charge is 0.371 e. The highest BCUT2D eigenvalue weighted by Gasteiger charge is 2.02. The molecule has 1 atom stereocenters. The van der Waals surface area contributed by atoms with Gasteiger partial charge in [0.25, 0.3) is 0 Å². The van der Waals surface area contributed by atoms with Crippen LogP contribution in [-0.2, 0) is 0 Å². The molecule has 0 heterocycles. The Morgan fingerprint density at radius 2 is 1.73 bits per heavy atom. The van der Waals surface area contributed by atoms with Gasteiger partial charge in [-0.2, -0.15) is 5.05 Å². The Hall–Kier alpha value is 0.276. The molecule has 0 saturated carbocycles. The third-order valence-electron chi connectivity index (χ3n) is 1.98. The number of halogens is 1. The first-order valence-corrected chi connectivity index (χ1v) is 6.12. The zero-order valence-electron chi connectivity index (χ0n) is 7.08. The summed E-state index contributed by atoms with van der Waals surface area (Å²) in [6, 6.07) is 10.8. The minimum atomic E-state index is 0. The summed E-state index contributed by atoms with van der Waals surface area (Å²) in [6.45, 7) is 2.32. The Balaban J connectivity index is 0.000001000. The van der Waals surface area contributed by atoms with Crippen molar-refractivity contribution in [3.05, 3.63) is 35.9 Å². The molecule has 0 saturated heterocycles. The summed E-state index contributed by atoms with van der Waals surface area (Å²) < 4.78 is 0.848. The Kier molecular flexibility index (Phi) is 6.01. The smallest absolute Gasteiger partial charge is 0.156 e. The topological polar surface area (TPSA) is 0 Å². The van der Waals surface area contributed by atoms with E-state index in [-0.39, 0.29) is 32.8 Å². The third-order valence-corrected chi connectivity index (χ3v) is 3.68. The van der Waals surface area contributed by atoms with Crippen LogP contribution in [0.5, 0.6) is 0 Å². The molecule has 0 bridgehead atoms. The summed E-state index contributed by atoms with van der Waals surface area (Å²) in [5.74, 6) is 0. The van der Waals surface area contributed by atoms with E-state index in [4.69, 9.17) is 0 Å². The molecule has 1 aromatic rings. The number of hydrogen-bond donors (Lipinski definition) is 0. The lowest BCUT2D eigenvalue weighted by Gasteiger charge is -2.06. The molecule has 2 heteroatoms. The normalized spacial score (nSPS) is 11.1. The molecule has 0 radical (unpaired) electrons. The van der Waals surface area contributed by atoms with E-state index in [9.17, 15) is 0 Å². The molecule has 11 heavy (non-hydrogen) atoms. The number of benzene rings is 1. The highest BCUT2D eigenvalue weighted by molar-refractivity contribution is 6.35. The molecule has 0 aliphatic carbocycles. The average Bonchev–Trinajstić information content (AvgIpc) is 2.05. The Labute approximate surface area is 84.5 Å². The molecule has 1 rings (SSSR count). The fourth-order valence-corrected chi connectivity index (χ4v) is 1.76. The van der Waals surface area contributed by atoms with Crippen LogP contribution in [0.3, 0.4) is 0 Å². The molecule has 1 aromatic carbocycles. The van der Waals surface area contributed by atoms with Gasteiger partial charge in [-0.15, -0.1) is 16.5 Å². The molecule has 0 aliphatic heterocycles. The van der Waals surface area contributed by atoms with Gasteiger partial charge in [0.05, 0.1) is 0 Å². The molecule has 0 aromatic heterocycles. The van der Waals surface area contributed by atoms with Gasteiger partial charge in [0, 0.05) is 0 Å². The molecule has 58 valence electrons. The van der Waals surface area contributed by atoms with E-state index in [0.29, 0.717) is 0 Å². The first-order valence-electron chi connectivity index (χ1n) is 3.89. The first kappa shape index (κ1) is 11.3. The summed E-state index contributed by atoms with van der Waals surface area (Å²) >= 11 is 0.140. The monoisotopic (exact) mass is 180 g/mol. The molecule has 0 amide bonds. The van der Waals surface area contributed by atoms with Crippen LogP contribution in [0.1, 0.15) is 16.5 Å². The van der Waals surface area contributed by atoms with Crippen molar-refractivity contribution in [3.63, 3.8) is 0 Å². The number of hydrogen-bond acceptors (Lipinski definition) is 0. The van der Waals surface area contributed by atoms with Crippen molar-refractivity contribution in [2.45, 2.75) is 16.0 Å². The van der Waals surface area contributed by atoms with Crippen molar-refractivity contribution in [2.24, 2.45) is 0 Å². The lowest BCUT2D eigenvalue weighted by molar-refractivity contribution is 1.07. The maximum absolute atomic E-state index is 2.36. The van der Waals surface area contributed by atoms with E-state index in [2.05, 4.69) is 42.3 Å². The highest BCUT2D eigenvalue weighted by atomic mass is 35.5. The van der Waals surface area contributed by atoms with Crippen molar-refractivity contribution in [1.82, 2.24) is 0 Å². The van der Waals surface area contributed by atoms with Gasteiger partial charge < -0.3 is 0 Å². The van der Waals surface area contributed by atoms with Gasteiger partial charge in [-0.1, -0.05) is 42.8 Å². The van der Waals surface area contributed by atoms with E-state index >= 15 is 0 Å². The summed E-state index contributed by atoms with van der Waals surface area (Å²) in [5.41, 5.74) is 1.51. The maximum Gasteiger partial charge on any atom is 0.371 e. The van der Waals surface area contributed by atoms with Gasteiger partial charge in [-0.3, -0.25) is 0 Å². The van der Waals surface area contributed by atoms with Crippen molar-refractivity contribution >= 4 is 32.8 Å². The van der Waals surface area contributed by atoms with Crippen LogP contribution in [0, 0.1) is 0 Å². The van der Waals surface area contributed by atoms with E-state index < -0.39 is 0 Å². The molecule has 0 fully saturated rings. The summed E-state index contributed by atoms with van der Waals surface area (Å²) in [7, 11) is 0. The second-order valence-corrected chi connectivity index (χ2v) is 4.76. The second kappa shape index (κ2) is 5.87. The Morgan fingerprint density at radius 1 is 1.18 bits per heavy atom. The van der Waals surface area contributed by atoms with E-state index in [1.54, 1.807) is 0 Å². The third kappa shape index (κ3) is 3.45. The zero-order chi connectivity index (χ0) is 7.40.